The van der Waals surface area contributed by atoms with Crippen molar-refractivity contribution >= 4 is 51.4 Å². The molecular formula is C56H75F4N5O19S. The summed E-state index contributed by atoms with van der Waals surface area (Å²) < 4.78 is 145. The van der Waals surface area contributed by atoms with E-state index in [4.69, 9.17) is 62.5 Å². The highest BCUT2D eigenvalue weighted by molar-refractivity contribution is 7.85. The van der Waals surface area contributed by atoms with Gasteiger partial charge in [0.05, 0.1) is 151 Å². The van der Waals surface area contributed by atoms with E-state index in [1.54, 1.807) is 23.1 Å². The number of rotatable bonds is 43. The predicted octanol–water partition coefficient (Wildman–Crippen LogP) is 4.62. The molecule has 0 aromatic heterocycles. The number of esters is 1. The van der Waals surface area contributed by atoms with Crippen LogP contribution in [0.4, 0.5) is 23.2 Å². The van der Waals surface area contributed by atoms with Crippen molar-refractivity contribution in [2.24, 2.45) is 10.7 Å². The van der Waals surface area contributed by atoms with Crippen molar-refractivity contribution in [3.05, 3.63) is 82.4 Å². The van der Waals surface area contributed by atoms with E-state index in [9.17, 15) is 45.2 Å². The Labute approximate surface area is 490 Å². The van der Waals surface area contributed by atoms with E-state index in [-0.39, 0.29) is 70.3 Å². The summed E-state index contributed by atoms with van der Waals surface area (Å²) in [5.41, 5.74) is 10.3. The number of nitrogens with zero attached hydrogens (tertiary/aromatic N) is 3. The third-order valence-corrected chi connectivity index (χ3v) is 13.1. The minimum Gasteiger partial charge on any atom is -0.420 e. The summed E-state index contributed by atoms with van der Waals surface area (Å²) in [6, 6.07) is 12.4. The van der Waals surface area contributed by atoms with Crippen LogP contribution in [0.15, 0.2) is 57.9 Å². The first-order chi connectivity index (χ1) is 41.0. The van der Waals surface area contributed by atoms with Crippen LogP contribution in [0.3, 0.4) is 0 Å². The SMILES string of the molecule is CCCN(OCC)C(=O)C1=Cc2ccc(-c3ccc(C(=O)N4CC[C@@H]4C(=O)NCCOCCOCCOCCOCCOCCOCCOCCOCCOCCOCCC(=O)Oc4c(F)c(F)c(S(=O)(=O)O)c(F)c4F)cc3)cc2N=C(N)C1. The number of nitrogens with two attached hydrogens (primary N) is 1. The molecule has 29 heteroatoms. The molecule has 0 saturated carbocycles. The zero-order valence-corrected chi connectivity index (χ0v) is 48.4. The Morgan fingerprint density at radius 3 is 1.59 bits per heavy atom. The molecule has 1 saturated heterocycles. The van der Waals surface area contributed by atoms with Gasteiger partial charge in [0.25, 0.3) is 11.8 Å². The van der Waals surface area contributed by atoms with E-state index in [2.05, 4.69) is 15.0 Å². The fourth-order valence-corrected chi connectivity index (χ4v) is 8.63. The molecule has 3 amide bonds. The lowest BCUT2D eigenvalue weighted by atomic mass is 9.98. The van der Waals surface area contributed by atoms with Gasteiger partial charge in [-0.15, -0.1) is 0 Å². The molecule has 4 N–H and O–H groups in total. The van der Waals surface area contributed by atoms with Gasteiger partial charge in [-0.1, -0.05) is 31.2 Å². The number of benzene rings is 3. The molecule has 2 aliphatic heterocycles. The lowest BCUT2D eigenvalue weighted by Crippen LogP contribution is -2.58. The fourth-order valence-electron chi connectivity index (χ4n) is 8.00. The molecule has 0 bridgehead atoms. The standard InChI is InChI=1S/C56H75F4N5O19S/c1-3-14-65(83-4-2)56(69)43-36-42-10-9-41(37-44(42)63-46(61)38-43)39-5-7-40(8-6-39)55(68)64-15-11-45(64)54(67)62-13-17-74-19-21-76-23-25-78-27-29-80-31-33-82-35-34-81-32-30-79-28-26-77-24-22-75-20-18-73-16-12-47(66)84-52-48(57)50(59)53(85(70,71)72)51(60)49(52)58/h5-10,36-37,45H,3-4,11-35,38H2,1-2H3,(H2,61,63)(H,62,67)(H,70,71,72)/t45-/m1/s1. The molecule has 1 fully saturated rings. The number of hydrogen-bond acceptors (Lipinski definition) is 20. The van der Waals surface area contributed by atoms with Crippen LogP contribution in [0, 0.1) is 23.3 Å². The van der Waals surface area contributed by atoms with Gasteiger partial charge in [-0.2, -0.15) is 17.2 Å². The molecule has 0 spiro atoms. The van der Waals surface area contributed by atoms with Gasteiger partial charge in [-0.3, -0.25) is 28.6 Å². The van der Waals surface area contributed by atoms with Crippen LogP contribution >= 0.6 is 0 Å². The smallest absolute Gasteiger partial charge is 0.313 e. The maximum atomic E-state index is 14.0. The monoisotopic (exact) mass is 1230 g/mol. The summed E-state index contributed by atoms with van der Waals surface area (Å²) in [5, 5.41) is 4.22. The number of fused-ring (bicyclic) bond motifs is 1. The van der Waals surface area contributed by atoms with Gasteiger partial charge in [0.2, 0.25) is 23.3 Å². The Kier molecular flexibility index (Phi) is 31.3. The van der Waals surface area contributed by atoms with Gasteiger partial charge in [0, 0.05) is 42.8 Å². The highest BCUT2D eigenvalue weighted by Gasteiger charge is 2.38. The molecule has 85 heavy (non-hydrogen) atoms. The van der Waals surface area contributed by atoms with Crippen molar-refractivity contribution in [3.8, 4) is 16.9 Å². The largest absolute Gasteiger partial charge is 0.420 e. The molecule has 24 nitrogen and oxygen atoms in total. The molecular weight excluding hydrogens is 1150 g/mol. The number of nitrogens with one attached hydrogen (secondary N) is 1. The Hall–Kier alpha value is -6.06. The average molecular weight is 1230 g/mol. The van der Waals surface area contributed by atoms with E-state index in [1.807, 2.05) is 44.2 Å². The topological polar surface area (TPSA) is 290 Å². The first-order valence-corrected chi connectivity index (χ1v) is 29.1. The molecule has 0 aliphatic carbocycles. The van der Waals surface area contributed by atoms with E-state index in [0.29, 0.717) is 141 Å². The Balaban J connectivity index is 0.755. The minimum absolute atomic E-state index is 0.0137. The van der Waals surface area contributed by atoms with Gasteiger partial charge in [0.1, 0.15) is 11.9 Å². The van der Waals surface area contributed by atoms with E-state index >= 15 is 0 Å². The molecule has 0 unspecified atom stereocenters. The second kappa shape index (κ2) is 38.2. The van der Waals surface area contributed by atoms with E-state index in [0.717, 1.165) is 23.1 Å². The Morgan fingerprint density at radius 1 is 0.671 bits per heavy atom. The molecule has 472 valence electrons. The molecule has 2 heterocycles. The molecule has 5 rings (SSSR count). The summed E-state index contributed by atoms with van der Waals surface area (Å²) >= 11 is 0. The van der Waals surface area contributed by atoms with Gasteiger partial charge in [0.15, 0.2) is 16.5 Å². The molecule has 2 aliphatic rings. The second-order valence-corrected chi connectivity index (χ2v) is 19.8. The number of hydrogen-bond donors (Lipinski definition) is 3. The van der Waals surface area contributed by atoms with Gasteiger partial charge in [-0.05, 0) is 55.2 Å². The lowest BCUT2D eigenvalue weighted by Gasteiger charge is -2.39. The van der Waals surface area contributed by atoms with E-state index in [1.165, 1.54) is 5.06 Å². The normalized spacial score (nSPS) is 14.1. The lowest BCUT2D eigenvalue weighted by molar-refractivity contribution is -0.180. The first kappa shape index (κ1) is 69.7. The van der Waals surface area contributed by atoms with Crippen LogP contribution in [0.2, 0.25) is 0 Å². The highest BCUT2D eigenvalue weighted by Crippen LogP contribution is 2.34. The fraction of sp³-hybridized carbons (Fsp3) is 0.554. The predicted molar refractivity (Wildman–Crippen MR) is 296 cm³/mol. The second-order valence-electron chi connectivity index (χ2n) is 18.5. The minimum atomic E-state index is -5.65. The van der Waals surface area contributed by atoms with Crippen molar-refractivity contribution in [1.29, 1.82) is 0 Å². The van der Waals surface area contributed by atoms with Crippen LogP contribution in [0.1, 0.15) is 55.5 Å². The molecule has 3 aromatic rings. The van der Waals surface area contributed by atoms with Crippen molar-refractivity contribution in [3.63, 3.8) is 0 Å². The summed E-state index contributed by atoms with van der Waals surface area (Å²) in [6.07, 6.45) is 2.72. The number of carbonyl (C=O) groups excluding carboxylic acids is 4. The number of hydroxylamine groups is 2. The first-order valence-electron chi connectivity index (χ1n) is 27.7. The van der Waals surface area contributed by atoms with Crippen molar-refractivity contribution in [1.82, 2.24) is 15.3 Å². The Morgan fingerprint density at radius 2 is 1.14 bits per heavy atom. The maximum Gasteiger partial charge on any atom is 0.313 e. The molecule has 0 radical (unpaired) electrons. The number of ether oxygens (including phenoxy) is 11. The average Bonchev–Trinajstić information content (AvgIpc) is 1.70. The summed E-state index contributed by atoms with van der Waals surface area (Å²) in [4.78, 5) is 60.9. The molecule has 3 aromatic carbocycles. The number of halogens is 4. The zero-order valence-electron chi connectivity index (χ0n) is 47.6. The van der Waals surface area contributed by atoms with E-state index < -0.39 is 62.5 Å². The molecule has 1 atom stereocenters. The van der Waals surface area contributed by atoms with Crippen molar-refractivity contribution in [2.45, 2.75) is 50.5 Å². The third-order valence-electron chi connectivity index (χ3n) is 12.3. The third kappa shape index (κ3) is 23.6. The van der Waals surface area contributed by atoms with Crippen LogP contribution in [0.5, 0.6) is 5.75 Å². The van der Waals surface area contributed by atoms with Gasteiger partial charge < -0.3 is 68.1 Å². The van der Waals surface area contributed by atoms with Crippen LogP contribution < -0.4 is 15.8 Å². The number of aliphatic imine (C=N–C) groups is 1. The van der Waals surface area contributed by atoms with Gasteiger partial charge in [-0.25, -0.2) is 18.8 Å². The highest BCUT2D eigenvalue weighted by atomic mass is 32.2. The number of amides is 3. The summed E-state index contributed by atoms with van der Waals surface area (Å²) in [6.45, 7) is 11.1. The van der Waals surface area contributed by atoms with Crippen molar-refractivity contribution < 1.29 is 107 Å². The number of carbonyl (C=O) groups is 4. The summed E-state index contributed by atoms with van der Waals surface area (Å²) in [7, 11) is -5.65. The number of likely N-dealkylation sites (tertiary alicyclic amines) is 1. The van der Waals surface area contributed by atoms with Gasteiger partial charge >= 0.3 is 16.1 Å². The van der Waals surface area contributed by atoms with Crippen LogP contribution in [-0.4, -0.2) is 217 Å². The zero-order chi connectivity index (χ0) is 61.4. The maximum absolute atomic E-state index is 14.0. The van der Waals surface area contributed by atoms with Crippen molar-refractivity contribution in [2.75, 3.05) is 158 Å². The van der Waals surface area contributed by atoms with Crippen LogP contribution in [-0.2, 0) is 76.7 Å². The quantitative estimate of drug-likeness (QED) is 0.0133. The number of amidine groups is 1. The summed E-state index contributed by atoms with van der Waals surface area (Å²) in [5.74, 6) is -13.1. The Bertz CT molecular complexity index is 2750. The van der Waals surface area contributed by atoms with Crippen LogP contribution in [0.25, 0.3) is 17.2 Å².